The van der Waals surface area contributed by atoms with Crippen molar-refractivity contribution in [3.63, 3.8) is 0 Å². The van der Waals surface area contributed by atoms with Crippen LogP contribution in [0.5, 0.6) is 11.5 Å². The summed E-state index contributed by atoms with van der Waals surface area (Å²) in [5.74, 6) is 2.14. The first-order chi connectivity index (χ1) is 13.0. The number of ether oxygens (including phenoxy) is 2. The fourth-order valence-corrected chi connectivity index (χ4v) is 2.47. The van der Waals surface area contributed by atoms with E-state index in [0.717, 1.165) is 11.5 Å². The SMILES string of the molecule is COc1ccc(OCCN(C)Cc2nc(-c3ccc(C)c(F)c3)no2)cc1. The highest BCUT2D eigenvalue weighted by Gasteiger charge is 2.12. The summed E-state index contributed by atoms with van der Waals surface area (Å²) in [7, 11) is 3.57. The Morgan fingerprint density at radius 3 is 2.56 bits per heavy atom. The number of nitrogens with zero attached hydrogens (tertiary/aromatic N) is 3. The summed E-state index contributed by atoms with van der Waals surface area (Å²) < 4.78 is 29.8. The highest BCUT2D eigenvalue weighted by Crippen LogP contribution is 2.19. The van der Waals surface area contributed by atoms with Crippen LogP contribution in [0.1, 0.15) is 11.5 Å². The van der Waals surface area contributed by atoms with Crippen molar-refractivity contribution in [1.29, 1.82) is 0 Å². The molecule has 0 fully saturated rings. The van der Waals surface area contributed by atoms with E-state index < -0.39 is 0 Å². The zero-order valence-electron chi connectivity index (χ0n) is 15.6. The van der Waals surface area contributed by atoms with Crippen LogP contribution in [0.15, 0.2) is 47.0 Å². The van der Waals surface area contributed by atoms with Crippen molar-refractivity contribution in [2.45, 2.75) is 13.5 Å². The van der Waals surface area contributed by atoms with E-state index in [0.29, 0.717) is 42.5 Å². The summed E-state index contributed by atoms with van der Waals surface area (Å²) >= 11 is 0. The van der Waals surface area contributed by atoms with E-state index in [2.05, 4.69) is 10.1 Å². The van der Waals surface area contributed by atoms with Crippen molar-refractivity contribution in [1.82, 2.24) is 15.0 Å². The second kappa shape index (κ2) is 8.64. The average Bonchev–Trinajstić information content (AvgIpc) is 3.13. The van der Waals surface area contributed by atoms with Gasteiger partial charge in [-0.2, -0.15) is 4.98 Å². The lowest BCUT2D eigenvalue weighted by Gasteiger charge is -2.14. The van der Waals surface area contributed by atoms with Gasteiger partial charge in [-0.25, -0.2) is 4.39 Å². The van der Waals surface area contributed by atoms with Crippen LogP contribution in [-0.4, -0.2) is 42.3 Å². The topological polar surface area (TPSA) is 60.6 Å². The first kappa shape index (κ1) is 18.8. The van der Waals surface area contributed by atoms with E-state index >= 15 is 0 Å². The monoisotopic (exact) mass is 371 g/mol. The Balaban J connectivity index is 1.49. The van der Waals surface area contributed by atoms with Crippen LogP contribution in [0.4, 0.5) is 4.39 Å². The predicted molar refractivity (Wildman–Crippen MR) is 99.3 cm³/mol. The van der Waals surface area contributed by atoms with Gasteiger partial charge in [-0.05, 0) is 49.9 Å². The lowest BCUT2D eigenvalue weighted by molar-refractivity contribution is 0.212. The molecule has 27 heavy (non-hydrogen) atoms. The highest BCUT2D eigenvalue weighted by atomic mass is 19.1. The normalized spacial score (nSPS) is 11.0. The third kappa shape index (κ3) is 5.04. The van der Waals surface area contributed by atoms with Crippen LogP contribution in [0.2, 0.25) is 0 Å². The van der Waals surface area contributed by atoms with Gasteiger partial charge in [0.1, 0.15) is 23.9 Å². The zero-order chi connectivity index (χ0) is 19.2. The fraction of sp³-hybridized carbons (Fsp3) is 0.300. The number of halogens is 1. The number of hydrogen-bond acceptors (Lipinski definition) is 6. The maximum absolute atomic E-state index is 13.7. The molecule has 3 aromatic rings. The van der Waals surface area contributed by atoms with Crippen molar-refractivity contribution < 1.29 is 18.4 Å². The van der Waals surface area contributed by atoms with Gasteiger partial charge in [0.2, 0.25) is 11.7 Å². The third-order valence-corrected chi connectivity index (χ3v) is 4.10. The van der Waals surface area contributed by atoms with Gasteiger partial charge in [-0.15, -0.1) is 0 Å². The van der Waals surface area contributed by atoms with Crippen LogP contribution in [0.25, 0.3) is 11.4 Å². The molecule has 142 valence electrons. The van der Waals surface area contributed by atoms with Crippen molar-refractivity contribution in [2.75, 3.05) is 27.3 Å². The standard InChI is InChI=1S/C20H22FN3O3/c1-14-4-5-15(12-18(14)21)20-22-19(27-23-20)13-24(2)10-11-26-17-8-6-16(25-3)7-9-17/h4-9,12H,10-11,13H2,1-3H3. The molecule has 0 radical (unpaired) electrons. The Kier molecular flexibility index (Phi) is 6.03. The molecule has 6 nitrogen and oxygen atoms in total. The Morgan fingerprint density at radius 2 is 1.85 bits per heavy atom. The molecule has 7 heteroatoms. The van der Waals surface area contributed by atoms with Gasteiger partial charge < -0.3 is 14.0 Å². The van der Waals surface area contributed by atoms with Gasteiger partial charge in [0.15, 0.2) is 0 Å². The second-order valence-corrected chi connectivity index (χ2v) is 6.24. The molecular weight excluding hydrogens is 349 g/mol. The predicted octanol–water partition coefficient (Wildman–Crippen LogP) is 3.70. The number of methoxy groups -OCH3 is 1. The molecule has 0 atom stereocenters. The average molecular weight is 371 g/mol. The summed E-state index contributed by atoms with van der Waals surface area (Å²) in [6.07, 6.45) is 0. The molecule has 0 aliphatic carbocycles. The molecule has 3 rings (SSSR count). The van der Waals surface area contributed by atoms with Crippen molar-refractivity contribution in [2.24, 2.45) is 0 Å². The van der Waals surface area contributed by atoms with E-state index in [4.69, 9.17) is 14.0 Å². The van der Waals surface area contributed by atoms with E-state index in [1.807, 2.05) is 36.2 Å². The van der Waals surface area contributed by atoms with Crippen LogP contribution in [0, 0.1) is 12.7 Å². The lowest BCUT2D eigenvalue weighted by Crippen LogP contribution is -2.24. The molecule has 0 saturated carbocycles. The zero-order valence-corrected chi connectivity index (χ0v) is 15.6. The Hall–Kier alpha value is -2.93. The minimum Gasteiger partial charge on any atom is -0.497 e. The number of likely N-dealkylation sites (N-methyl/N-ethyl adjacent to an activating group) is 1. The van der Waals surface area contributed by atoms with E-state index in [1.54, 1.807) is 26.2 Å². The van der Waals surface area contributed by atoms with Crippen molar-refractivity contribution in [3.05, 3.63) is 59.7 Å². The molecule has 1 aromatic heterocycles. The Bertz CT molecular complexity index is 880. The largest absolute Gasteiger partial charge is 0.497 e. The number of aryl methyl sites for hydroxylation is 1. The summed E-state index contributed by atoms with van der Waals surface area (Å²) in [5, 5.41) is 3.93. The molecule has 0 saturated heterocycles. The number of aromatic nitrogens is 2. The van der Waals surface area contributed by atoms with Gasteiger partial charge in [0.05, 0.1) is 13.7 Å². The molecule has 1 heterocycles. The van der Waals surface area contributed by atoms with Crippen LogP contribution in [0.3, 0.4) is 0 Å². The summed E-state index contributed by atoms with van der Waals surface area (Å²) in [5.41, 5.74) is 1.18. The van der Waals surface area contributed by atoms with Gasteiger partial charge in [0, 0.05) is 12.1 Å². The maximum atomic E-state index is 13.7. The van der Waals surface area contributed by atoms with E-state index in [-0.39, 0.29) is 5.82 Å². The van der Waals surface area contributed by atoms with Crippen LogP contribution < -0.4 is 9.47 Å². The third-order valence-electron chi connectivity index (χ3n) is 4.10. The highest BCUT2D eigenvalue weighted by molar-refractivity contribution is 5.54. The molecular formula is C20H22FN3O3. The molecule has 2 aromatic carbocycles. The minimum atomic E-state index is -0.286. The summed E-state index contributed by atoms with van der Waals surface area (Å²) in [4.78, 5) is 6.35. The maximum Gasteiger partial charge on any atom is 0.241 e. The van der Waals surface area contributed by atoms with Crippen molar-refractivity contribution >= 4 is 0 Å². The molecule has 0 bridgehead atoms. The van der Waals surface area contributed by atoms with E-state index in [9.17, 15) is 4.39 Å². The summed E-state index contributed by atoms with van der Waals surface area (Å²) in [6, 6.07) is 12.3. The fourth-order valence-electron chi connectivity index (χ4n) is 2.47. The second-order valence-electron chi connectivity index (χ2n) is 6.24. The molecule has 0 aliphatic rings. The number of rotatable bonds is 8. The Labute approximate surface area is 157 Å². The van der Waals surface area contributed by atoms with Crippen molar-refractivity contribution in [3.8, 4) is 22.9 Å². The minimum absolute atomic E-state index is 0.286. The smallest absolute Gasteiger partial charge is 0.241 e. The van der Waals surface area contributed by atoms with Gasteiger partial charge >= 0.3 is 0 Å². The van der Waals surface area contributed by atoms with Gasteiger partial charge in [0.25, 0.3) is 0 Å². The number of benzene rings is 2. The Morgan fingerprint density at radius 1 is 1.11 bits per heavy atom. The quantitative estimate of drug-likeness (QED) is 0.602. The first-order valence-electron chi connectivity index (χ1n) is 8.59. The molecule has 0 amide bonds. The molecule has 0 spiro atoms. The van der Waals surface area contributed by atoms with Gasteiger partial charge in [-0.3, -0.25) is 4.90 Å². The van der Waals surface area contributed by atoms with Crippen LogP contribution in [-0.2, 0) is 6.54 Å². The molecule has 0 unspecified atom stereocenters. The van der Waals surface area contributed by atoms with Gasteiger partial charge in [-0.1, -0.05) is 17.3 Å². The molecule has 0 aliphatic heterocycles. The summed E-state index contributed by atoms with van der Waals surface area (Å²) in [6.45, 7) is 3.40. The van der Waals surface area contributed by atoms with E-state index in [1.165, 1.54) is 6.07 Å². The number of hydrogen-bond donors (Lipinski definition) is 0. The van der Waals surface area contributed by atoms with Crippen LogP contribution >= 0.6 is 0 Å². The molecule has 0 N–H and O–H groups in total. The lowest BCUT2D eigenvalue weighted by atomic mass is 10.1. The first-order valence-corrected chi connectivity index (χ1v) is 8.59.